The number of ether oxygens (including phenoxy) is 3. The fraction of sp³-hybridized carbons (Fsp3) is 0.447. The van der Waals surface area contributed by atoms with Crippen LogP contribution in [-0.4, -0.2) is 60.2 Å². The number of hydrogen-bond donors (Lipinski definition) is 4. The molecule has 1 aliphatic carbocycles. The van der Waals surface area contributed by atoms with E-state index in [0.29, 0.717) is 36.1 Å². The summed E-state index contributed by atoms with van der Waals surface area (Å²) in [4.78, 5) is 50.8. The van der Waals surface area contributed by atoms with Gasteiger partial charge in [-0.25, -0.2) is 0 Å². The summed E-state index contributed by atoms with van der Waals surface area (Å²) >= 11 is 0. The summed E-state index contributed by atoms with van der Waals surface area (Å²) in [5.41, 5.74) is 1.07. The molecule has 0 bridgehead atoms. The number of carbonyl (C=O) groups excluding carboxylic acids is 3. The highest BCUT2D eigenvalue weighted by Crippen LogP contribution is 2.32. The molecule has 51 heavy (non-hydrogen) atoms. The highest BCUT2D eigenvalue weighted by molar-refractivity contribution is 6.08. The van der Waals surface area contributed by atoms with Gasteiger partial charge >= 0.3 is 5.69 Å². The number of nitrogens with one attached hydrogen (secondary N) is 3. The number of rotatable bonds is 16. The third-order valence-corrected chi connectivity index (χ3v) is 8.25. The Hall–Kier alpha value is -5.17. The largest absolute Gasteiger partial charge is 0.491 e. The number of nitro benzene ring substituents is 1. The van der Waals surface area contributed by atoms with E-state index >= 15 is 0 Å². The van der Waals surface area contributed by atoms with Crippen molar-refractivity contribution in [3.8, 4) is 17.2 Å². The van der Waals surface area contributed by atoms with Crippen LogP contribution in [0.1, 0.15) is 91.4 Å². The molecule has 4 rings (SSSR count). The summed E-state index contributed by atoms with van der Waals surface area (Å²) in [6, 6.07) is 13.3. The maximum atomic E-state index is 13.6. The molecular weight excluding hydrogens is 656 g/mol. The quantitative estimate of drug-likeness (QED) is 0.0917. The van der Waals surface area contributed by atoms with E-state index in [-0.39, 0.29) is 71.0 Å². The average molecular weight is 705 g/mol. The Balaban J connectivity index is 1.55. The van der Waals surface area contributed by atoms with Gasteiger partial charge in [-0.1, -0.05) is 34.6 Å². The maximum Gasteiger partial charge on any atom is 0.310 e. The fourth-order valence-corrected chi connectivity index (χ4v) is 5.42. The zero-order valence-corrected chi connectivity index (χ0v) is 29.8. The summed E-state index contributed by atoms with van der Waals surface area (Å²) in [5.74, 6) is 0.194. The summed E-state index contributed by atoms with van der Waals surface area (Å²) in [5, 5.41) is 29.3. The number of amides is 3. The Morgan fingerprint density at radius 3 is 1.69 bits per heavy atom. The van der Waals surface area contributed by atoms with E-state index in [1.54, 1.807) is 18.2 Å². The van der Waals surface area contributed by atoms with Crippen molar-refractivity contribution in [3.63, 3.8) is 0 Å². The minimum atomic E-state index is -0.640. The van der Waals surface area contributed by atoms with Gasteiger partial charge in [0.1, 0.15) is 18.1 Å². The van der Waals surface area contributed by atoms with E-state index in [1.165, 1.54) is 30.3 Å². The highest BCUT2D eigenvalue weighted by Gasteiger charge is 2.23. The van der Waals surface area contributed by atoms with E-state index in [0.717, 1.165) is 31.7 Å². The maximum absolute atomic E-state index is 13.6. The predicted molar refractivity (Wildman–Crippen MR) is 194 cm³/mol. The number of anilines is 2. The van der Waals surface area contributed by atoms with Crippen molar-refractivity contribution in [1.29, 1.82) is 0 Å². The van der Waals surface area contributed by atoms with Gasteiger partial charge in [0, 0.05) is 34.9 Å². The van der Waals surface area contributed by atoms with Crippen molar-refractivity contribution < 1.29 is 38.6 Å². The molecule has 274 valence electrons. The third kappa shape index (κ3) is 11.2. The van der Waals surface area contributed by atoms with E-state index in [4.69, 9.17) is 19.3 Å². The first-order chi connectivity index (χ1) is 24.3. The summed E-state index contributed by atoms with van der Waals surface area (Å²) in [7, 11) is 0. The molecule has 0 aromatic heterocycles. The van der Waals surface area contributed by atoms with Crippen LogP contribution >= 0.6 is 0 Å². The van der Waals surface area contributed by atoms with E-state index in [9.17, 15) is 24.5 Å². The van der Waals surface area contributed by atoms with Crippen LogP contribution in [-0.2, 0) is 0 Å². The molecule has 1 saturated carbocycles. The van der Waals surface area contributed by atoms with E-state index in [1.807, 2.05) is 27.7 Å². The molecule has 1 fully saturated rings. The number of aliphatic hydroxyl groups excluding tert-OH is 1. The number of hydrogen-bond acceptors (Lipinski definition) is 9. The Bertz CT molecular complexity index is 1700. The second kappa shape index (κ2) is 18.2. The lowest BCUT2D eigenvalue weighted by Crippen LogP contribution is -2.37. The summed E-state index contributed by atoms with van der Waals surface area (Å²) in [6.45, 7) is 10.3. The van der Waals surface area contributed by atoms with Gasteiger partial charge in [-0.3, -0.25) is 24.5 Å². The third-order valence-electron chi connectivity index (χ3n) is 8.25. The van der Waals surface area contributed by atoms with Crippen LogP contribution in [0.2, 0.25) is 0 Å². The van der Waals surface area contributed by atoms with E-state index in [2.05, 4.69) is 22.9 Å². The molecule has 0 heterocycles. The molecule has 1 aliphatic rings. The molecule has 0 aliphatic heterocycles. The first-order valence-electron chi connectivity index (χ1n) is 17.3. The Morgan fingerprint density at radius 1 is 0.745 bits per heavy atom. The molecule has 0 unspecified atom stereocenters. The molecule has 13 heteroatoms. The van der Waals surface area contributed by atoms with Crippen LogP contribution in [0.3, 0.4) is 0 Å². The molecule has 3 amide bonds. The topological polar surface area (TPSA) is 178 Å². The van der Waals surface area contributed by atoms with Crippen LogP contribution in [0.5, 0.6) is 17.2 Å². The second-order valence-corrected chi connectivity index (χ2v) is 13.7. The van der Waals surface area contributed by atoms with Gasteiger partial charge in [0.25, 0.3) is 17.7 Å². The van der Waals surface area contributed by atoms with Gasteiger partial charge in [0.2, 0.25) is 0 Å². The van der Waals surface area contributed by atoms with Gasteiger partial charge in [-0.15, -0.1) is 0 Å². The minimum Gasteiger partial charge on any atom is -0.491 e. The van der Waals surface area contributed by atoms with Crippen LogP contribution in [0, 0.1) is 27.9 Å². The predicted octanol–water partition coefficient (Wildman–Crippen LogP) is 6.85. The highest BCUT2D eigenvalue weighted by atomic mass is 16.6. The van der Waals surface area contributed by atoms with Crippen LogP contribution in [0.25, 0.3) is 0 Å². The molecule has 13 nitrogen and oxygen atoms in total. The Labute approximate surface area is 298 Å². The van der Waals surface area contributed by atoms with Gasteiger partial charge in [-0.05, 0) is 85.9 Å². The van der Waals surface area contributed by atoms with Crippen molar-refractivity contribution in [2.75, 3.05) is 37.1 Å². The Kier molecular flexibility index (Phi) is 13.8. The summed E-state index contributed by atoms with van der Waals surface area (Å²) in [6.07, 6.45) is 4.06. The molecular formula is C38H48N4O9. The first kappa shape index (κ1) is 38.6. The number of nitrogens with zero attached hydrogens (tertiary/aromatic N) is 1. The molecule has 3 aromatic carbocycles. The van der Waals surface area contributed by atoms with Crippen LogP contribution < -0.4 is 30.2 Å². The number of benzene rings is 3. The number of aliphatic hydroxyl groups is 1. The zero-order chi connectivity index (χ0) is 37.1. The fourth-order valence-electron chi connectivity index (χ4n) is 5.42. The van der Waals surface area contributed by atoms with Crippen molar-refractivity contribution in [3.05, 3.63) is 81.4 Å². The van der Waals surface area contributed by atoms with Gasteiger partial charge in [-0.2, -0.15) is 0 Å². The number of carbonyl (C=O) groups is 3. The van der Waals surface area contributed by atoms with Crippen molar-refractivity contribution in [2.45, 2.75) is 66.3 Å². The summed E-state index contributed by atoms with van der Waals surface area (Å²) < 4.78 is 17.3. The van der Waals surface area contributed by atoms with E-state index < -0.39 is 16.7 Å². The molecule has 0 atom stereocenters. The van der Waals surface area contributed by atoms with Crippen LogP contribution in [0.15, 0.2) is 54.6 Å². The normalized spacial score (nSPS) is 15.6. The van der Waals surface area contributed by atoms with Crippen molar-refractivity contribution in [2.24, 2.45) is 17.8 Å². The Morgan fingerprint density at radius 2 is 1.22 bits per heavy atom. The first-order valence-corrected chi connectivity index (χ1v) is 17.3. The molecule has 0 spiro atoms. The van der Waals surface area contributed by atoms with Crippen molar-refractivity contribution in [1.82, 2.24) is 5.32 Å². The smallest absolute Gasteiger partial charge is 0.310 e. The lowest BCUT2D eigenvalue weighted by Gasteiger charge is -2.27. The molecule has 3 aromatic rings. The molecule has 0 radical (unpaired) electrons. The average Bonchev–Trinajstić information content (AvgIpc) is 3.10. The standard InChI is InChI=1S/C38H48N4O9/c1-23(2)21-50-33-18-26(36(44)39-29-11-6-25(5)7-12-29)8-13-30(33)40-37(45)27-9-14-31(34(19-27)51-22-24(3)4)41-38(46)28-10-15-32(42(47)48)35(20-28)49-17-16-43/h8-10,13-15,18-20,23-25,29,43H,6-7,11-12,16-17,21-22H2,1-5H3,(H,39,44)(H,40,45)(H,41,46). The minimum absolute atomic E-state index is 0.0737. The van der Waals surface area contributed by atoms with Gasteiger partial charge in [0.05, 0.1) is 36.1 Å². The lowest BCUT2D eigenvalue weighted by molar-refractivity contribution is -0.385. The monoisotopic (exact) mass is 704 g/mol. The zero-order valence-electron chi connectivity index (χ0n) is 29.8. The van der Waals surface area contributed by atoms with Crippen molar-refractivity contribution >= 4 is 34.8 Å². The number of nitro groups is 1. The van der Waals surface area contributed by atoms with Crippen LogP contribution in [0.4, 0.5) is 17.1 Å². The van der Waals surface area contributed by atoms with Gasteiger partial charge in [0.15, 0.2) is 5.75 Å². The lowest BCUT2D eigenvalue weighted by atomic mass is 9.87. The van der Waals surface area contributed by atoms with Gasteiger partial charge < -0.3 is 35.3 Å². The molecule has 4 N–H and O–H groups in total. The molecule has 0 saturated heterocycles. The second-order valence-electron chi connectivity index (χ2n) is 13.7. The SMILES string of the molecule is CC(C)COc1cc(C(=O)Nc2ccc(C(=O)NC3CCC(C)CC3)cc2OCC(C)C)ccc1NC(=O)c1ccc([N+](=O)[O-])c(OCCO)c1.